The summed E-state index contributed by atoms with van der Waals surface area (Å²) < 4.78 is 6.72. The Hall–Kier alpha value is -0.800. The SMILES string of the molecule is CCC[C@H](N)c1cc2cccc(Br)c2o1. The van der Waals surface area contributed by atoms with Gasteiger partial charge in [-0.25, -0.2) is 0 Å². The average molecular weight is 268 g/mol. The Labute approximate surface area is 97.6 Å². The number of hydrogen-bond acceptors (Lipinski definition) is 2. The van der Waals surface area contributed by atoms with Crippen LogP contribution in [0.25, 0.3) is 11.0 Å². The predicted molar refractivity (Wildman–Crippen MR) is 65.8 cm³/mol. The third-order valence-corrected chi connectivity index (χ3v) is 3.10. The molecular weight excluding hydrogens is 254 g/mol. The number of benzene rings is 1. The minimum Gasteiger partial charge on any atom is -0.458 e. The van der Waals surface area contributed by atoms with Crippen LogP contribution in [0.15, 0.2) is 33.2 Å². The molecule has 0 aliphatic rings. The minimum atomic E-state index is 0.00861. The number of fused-ring (bicyclic) bond motifs is 1. The van der Waals surface area contributed by atoms with Gasteiger partial charge in [-0.15, -0.1) is 0 Å². The maximum Gasteiger partial charge on any atom is 0.148 e. The smallest absolute Gasteiger partial charge is 0.148 e. The molecule has 80 valence electrons. The second kappa shape index (κ2) is 4.37. The van der Waals surface area contributed by atoms with Crippen LogP contribution in [0.1, 0.15) is 31.6 Å². The zero-order chi connectivity index (χ0) is 10.8. The van der Waals surface area contributed by atoms with E-state index in [0.29, 0.717) is 0 Å². The van der Waals surface area contributed by atoms with E-state index >= 15 is 0 Å². The molecule has 1 aromatic carbocycles. The first-order chi connectivity index (χ1) is 7.22. The van der Waals surface area contributed by atoms with Gasteiger partial charge in [-0.1, -0.05) is 25.5 Å². The summed E-state index contributed by atoms with van der Waals surface area (Å²) in [5.41, 5.74) is 6.90. The predicted octanol–water partition coefficient (Wildman–Crippen LogP) is 4.00. The highest BCUT2D eigenvalue weighted by Crippen LogP contribution is 2.30. The van der Waals surface area contributed by atoms with E-state index in [1.165, 1.54) is 0 Å². The second-order valence-electron chi connectivity index (χ2n) is 3.70. The fourth-order valence-corrected chi connectivity index (χ4v) is 2.15. The van der Waals surface area contributed by atoms with E-state index in [1.54, 1.807) is 0 Å². The van der Waals surface area contributed by atoms with Crippen LogP contribution >= 0.6 is 15.9 Å². The number of halogens is 1. The van der Waals surface area contributed by atoms with Crippen molar-refractivity contribution in [2.24, 2.45) is 5.73 Å². The summed E-state index contributed by atoms with van der Waals surface area (Å²) in [6.45, 7) is 2.12. The number of nitrogens with two attached hydrogens (primary N) is 1. The molecule has 0 aliphatic carbocycles. The third-order valence-electron chi connectivity index (χ3n) is 2.48. The first-order valence-corrected chi connectivity index (χ1v) is 5.95. The zero-order valence-electron chi connectivity index (χ0n) is 8.66. The lowest BCUT2D eigenvalue weighted by Crippen LogP contribution is -2.08. The molecule has 1 heterocycles. The van der Waals surface area contributed by atoms with Crippen LogP contribution in [0.5, 0.6) is 0 Å². The minimum absolute atomic E-state index is 0.00861. The Morgan fingerprint density at radius 2 is 2.27 bits per heavy atom. The van der Waals surface area contributed by atoms with Crippen LogP contribution in [-0.2, 0) is 0 Å². The van der Waals surface area contributed by atoms with E-state index in [9.17, 15) is 0 Å². The van der Waals surface area contributed by atoms with Gasteiger partial charge in [0.05, 0.1) is 10.5 Å². The van der Waals surface area contributed by atoms with Gasteiger partial charge in [0, 0.05) is 5.39 Å². The highest BCUT2D eigenvalue weighted by atomic mass is 79.9. The number of rotatable bonds is 3. The molecule has 2 aromatic rings. The normalized spacial score (nSPS) is 13.3. The highest BCUT2D eigenvalue weighted by Gasteiger charge is 2.12. The lowest BCUT2D eigenvalue weighted by molar-refractivity contribution is 0.474. The molecule has 0 fully saturated rings. The van der Waals surface area contributed by atoms with Crippen molar-refractivity contribution in [2.45, 2.75) is 25.8 Å². The molecule has 0 amide bonds. The summed E-state index contributed by atoms with van der Waals surface area (Å²) >= 11 is 3.46. The monoisotopic (exact) mass is 267 g/mol. The summed E-state index contributed by atoms with van der Waals surface area (Å²) in [6.07, 6.45) is 2.02. The molecule has 0 saturated carbocycles. The van der Waals surface area contributed by atoms with Crippen LogP contribution in [-0.4, -0.2) is 0 Å². The van der Waals surface area contributed by atoms with Crippen molar-refractivity contribution in [1.29, 1.82) is 0 Å². The molecule has 1 atom stereocenters. The van der Waals surface area contributed by atoms with Crippen molar-refractivity contribution in [2.75, 3.05) is 0 Å². The standard InChI is InChI=1S/C12H14BrNO/c1-2-4-10(14)11-7-8-5-3-6-9(13)12(8)15-11/h3,5-7,10H,2,4,14H2,1H3/t10-/m0/s1. The van der Waals surface area contributed by atoms with Crippen molar-refractivity contribution in [3.8, 4) is 0 Å². The number of para-hydroxylation sites is 1. The second-order valence-corrected chi connectivity index (χ2v) is 4.56. The molecule has 0 bridgehead atoms. The Bertz CT molecular complexity index is 464. The Morgan fingerprint density at radius 1 is 1.47 bits per heavy atom. The molecule has 0 radical (unpaired) electrons. The summed E-state index contributed by atoms with van der Waals surface area (Å²) in [4.78, 5) is 0. The molecular formula is C12H14BrNO. The molecule has 2 N–H and O–H groups in total. The maximum absolute atomic E-state index is 6.01. The summed E-state index contributed by atoms with van der Waals surface area (Å²) in [5, 5.41) is 1.10. The molecule has 2 rings (SSSR count). The van der Waals surface area contributed by atoms with Gasteiger partial charge in [0.25, 0.3) is 0 Å². The Balaban J connectivity index is 2.43. The van der Waals surface area contributed by atoms with Gasteiger partial charge in [-0.3, -0.25) is 0 Å². The van der Waals surface area contributed by atoms with Crippen LogP contribution in [0.3, 0.4) is 0 Å². The quantitative estimate of drug-likeness (QED) is 0.913. The van der Waals surface area contributed by atoms with Gasteiger partial charge in [-0.2, -0.15) is 0 Å². The first kappa shape index (κ1) is 10.7. The van der Waals surface area contributed by atoms with Crippen molar-refractivity contribution in [1.82, 2.24) is 0 Å². The van der Waals surface area contributed by atoms with Crippen molar-refractivity contribution < 1.29 is 4.42 Å². The molecule has 0 aliphatic heterocycles. The third kappa shape index (κ3) is 2.08. The van der Waals surface area contributed by atoms with E-state index in [-0.39, 0.29) is 6.04 Å². The molecule has 0 saturated heterocycles. The molecule has 15 heavy (non-hydrogen) atoms. The van der Waals surface area contributed by atoms with Gasteiger partial charge in [0.15, 0.2) is 0 Å². The van der Waals surface area contributed by atoms with Gasteiger partial charge in [-0.05, 0) is 34.5 Å². The number of furan rings is 1. The maximum atomic E-state index is 6.01. The van der Waals surface area contributed by atoms with E-state index < -0.39 is 0 Å². The number of hydrogen-bond donors (Lipinski definition) is 1. The zero-order valence-corrected chi connectivity index (χ0v) is 10.3. The van der Waals surface area contributed by atoms with Gasteiger partial charge < -0.3 is 10.2 Å². The summed E-state index contributed by atoms with van der Waals surface area (Å²) in [5.74, 6) is 0.874. The fraction of sp³-hybridized carbons (Fsp3) is 0.333. The van der Waals surface area contributed by atoms with Gasteiger partial charge in [0.1, 0.15) is 11.3 Å². The average Bonchev–Trinajstić information content (AvgIpc) is 2.63. The van der Waals surface area contributed by atoms with Crippen molar-refractivity contribution in [3.63, 3.8) is 0 Å². The molecule has 0 unspecified atom stereocenters. The van der Waals surface area contributed by atoms with E-state index in [4.69, 9.17) is 10.2 Å². The molecule has 3 heteroatoms. The van der Waals surface area contributed by atoms with Crippen molar-refractivity contribution >= 4 is 26.9 Å². The summed E-state index contributed by atoms with van der Waals surface area (Å²) in [7, 11) is 0. The van der Waals surface area contributed by atoms with E-state index in [2.05, 4.69) is 22.9 Å². The van der Waals surface area contributed by atoms with Gasteiger partial charge >= 0.3 is 0 Å². The lowest BCUT2D eigenvalue weighted by atomic mass is 10.1. The van der Waals surface area contributed by atoms with Gasteiger partial charge in [0.2, 0.25) is 0 Å². The van der Waals surface area contributed by atoms with E-state index in [1.807, 2.05) is 24.3 Å². The molecule has 1 aromatic heterocycles. The lowest BCUT2D eigenvalue weighted by Gasteiger charge is -2.05. The Morgan fingerprint density at radius 3 is 2.93 bits per heavy atom. The van der Waals surface area contributed by atoms with Crippen molar-refractivity contribution in [3.05, 3.63) is 34.5 Å². The largest absolute Gasteiger partial charge is 0.458 e. The van der Waals surface area contributed by atoms with Crippen LogP contribution in [0.4, 0.5) is 0 Å². The first-order valence-electron chi connectivity index (χ1n) is 5.16. The van der Waals surface area contributed by atoms with Crippen LogP contribution in [0.2, 0.25) is 0 Å². The van der Waals surface area contributed by atoms with Crippen LogP contribution in [0, 0.1) is 0 Å². The summed E-state index contributed by atoms with van der Waals surface area (Å²) in [6, 6.07) is 8.04. The molecule has 0 spiro atoms. The Kier molecular flexibility index (Phi) is 3.12. The fourth-order valence-electron chi connectivity index (χ4n) is 1.68. The van der Waals surface area contributed by atoms with E-state index in [0.717, 1.165) is 34.0 Å². The van der Waals surface area contributed by atoms with Crippen LogP contribution < -0.4 is 5.73 Å². The molecule has 2 nitrogen and oxygen atoms in total. The topological polar surface area (TPSA) is 39.2 Å². The highest BCUT2D eigenvalue weighted by molar-refractivity contribution is 9.10.